The Morgan fingerprint density at radius 3 is 2.18 bits per heavy atom. The standard InChI is InChI=1S/C6H13NOS.CH4O/c1-3-6(8)5(4-9)7-2;1-2/h5,7,9H,3-4H2,1-2H3;2H,1H3/t5-;/m0./s1. The summed E-state index contributed by atoms with van der Waals surface area (Å²) in [7, 11) is 2.77. The third kappa shape index (κ3) is 6.34. The number of hydrogen-bond acceptors (Lipinski definition) is 4. The zero-order valence-electron chi connectivity index (χ0n) is 7.29. The number of aliphatic hydroxyl groups is 1. The maximum atomic E-state index is 10.9. The summed E-state index contributed by atoms with van der Waals surface area (Å²) in [6.07, 6.45) is 0.589. The van der Waals surface area contributed by atoms with Gasteiger partial charge in [0.15, 0.2) is 0 Å². The quantitative estimate of drug-likeness (QED) is 0.536. The molecule has 0 aromatic heterocycles. The Bertz CT molecular complexity index is 94.4. The number of rotatable bonds is 4. The summed E-state index contributed by atoms with van der Waals surface area (Å²) in [6, 6.07) is -0.0571. The number of thiol groups is 1. The lowest BCUT2D eigenvalue weighted by Gasteiger charge is -2.08. The molecule has 0 heterocycles. The smallest absolute Gasteiger partial charge is 0.150 e. The molecule has 0 aromatic rings. The van der Waals surface area contributed by atoms with Crippen molar-refractivity contribution in [2.45, 2.75) is 19.4 Å². The van der Waals surface area contributed by atoms with Gasteiger partial charge in [0.2, 0.25) is 0 Å². The van der Waals surface area contributed by atoms with E-state index < -0.39 is 0 Å². The van der Waals surface area contributed by atoms with Crippen molar-refractivity contribution in [3.8, 4) is 0 Å². The molecule has 11 heavy (non-hydrogen) atoms. The van der Waals surface area contributed by atoms with Crippen molar-refractivity contribution in [3.05, 3.63) is 0 Å². The van der Waals surface area contributed by atoms with Crippen LogP contribution >= 0.6 is 12.6 Å². The van der Waals surface area contributed by atoms with Crippen molar-refractivity contribution in [1.29, 1.82) is 0 Å². The van der Waals surface area contributed by atoms with Crippen LogP contribution in [0.15, 0.2) is 0 Å². The van der Waals surface area contributed by atoms with Crippen LogP contribution in [0, 0.1) is 0 Å². The van der Waals surface area contributed by atoms with Gasteiger partial charge in [-0.1, -0.05) is 6.92 Å². The van der Waals surface area contributed by atoms with Crippen molar-refractivity contribution < 1.29 is 9.90 Å². The molecule has 2 N–H and O–H groups in total. The molecule has 0 fully saturated rings. The van der Waals surface area contributed by atoms with E-state index in [1.807, 2.05) is 6.92 Å². The van der Waals surface area contributed by atoms with Crippen LogP contribution in [0.4, 0.5) is 0 Å². The molecule has 0 aromatic carbocycles. The van der Waals surface area contributed by atoms with Gasteiger partial charge in [-0.15, -0.1) is 0 Å². The topological polar surface area (TPSA) is 49.3 Å². The van der Waals surface area contributed by atoms with Crippen LogP contribution in [0.25, 0.3) is 0 Å². The Labute approximate surface area is 73.6 Å². The van der Waals surface area contributed by atoms with E-state index in [0.29, 0.717) is 12.2 Å². The third-order valence-electron chi connectivity index (χ3n) is 1.27. The summed E-state index contributed by atoms with van der Waals surface area (Å²) in [5, 5.41) is 9.88. The molecule has 0 aliphatic rings. The Balaban J connectivity index is 0. The number of Topliss-reactive ketones (excluding diaryl/α,β-unsaturated/α-hetero) is 1. The van der Waals surface area contributed by atoms with Gasteiger partial charge in [0.25, 0.3) is 0 Å². The monoisotopic (exact) mass is 179 g/mol. The molecule has 0 unspecified atom stereocenters. The zero-order chi connectivity index (χ0) is 9.28. The highest BCUT2D eigenvalue weighted by Crippen LogP contribution is 1.92. The van der Waals surface area contributed by atoms with Gasteiger partial charge >= 0.3 is 0 Å². The van der Waals surface area contributed by atoms with Gasteiger partial charge < -0.3 is 10.4 Å². The van der Waals surface area contributed by atoms with Gasteiger partial charge in [-0.2, -0.15) is 12.6 Å². The molecule has 0 spiro atoms. The molecule has 4 heteroatoms. The average Bonchev–Trinajstić information content (AvgIpc) is 2.10. The van der Waals surface area contributed by atoms with Crippen molar-refractivity contribution in [3.63, 3.8) is 0 Å². The first-order chi connectivity index (χ1) is 5.26. The summed E-state index contributed by atoms with van der Waals surface area (Å²) < 4.78 is 0. The lowest BCUT2D eigenvalue weighted by Crippen LogP contribution is -2.35. The van der Waals surface area contributed by atoms with Crippen molar-refractivity contribution in [2.75, 3.05) is 19.9 Å². The minimum atomic E-state index is -0.0571. The summed E-state index contributed by atoms with van der Waals surface area (Å²) in [5.74, 6) is 0.816. The molecule has 0 saturated carbocycles. The molecule has 0 saturated heterocycles. The van der Waals surface area contributed by atoms with E-state index >= 15 is 0 Å². The Morgan fingerprint density at radius 1 is 1.64 bits per heavy atom. The summed E-state index contributed by atoms with van der Waals surface area (Å²) in [6.45, 7) is 1.86. The van der Waals surface area contributed by atoms with E-state index in [2.05, 4.69) is 17.9 Å². The first kappa shape index (κ1) is 13.5. The molecule has 1 atom stereocenters. The second-order valence-electron chi connectivity index (χ2n) is 1.84. The number of carbonyl (C=O) groups excluding carboxylic acids is 1. The van der Waals surface area contributed by atoms with Crippen LogP contribution in [0.3, 0.4) is 0 Å². The fraction of sp³-hybridized carbons (Fsp3) is 0.857. The maximum Gasteiger partial charge on any atom is 0.150 e. The number of aliphatic hydroxyl groups excluding tert-OH is 1. The van der Waals surface area contributed by atoms with Gasteiger partial charge in [0.1, 0.15) is 5.78 Å². The molecule has 0 amide bonds. The van der Waals surface area contributed by atoms with Crippen molar-refractivity contribution in [2.24, 2.45) is 0 Å². The van der Waals surface area contributed by atoms with Crippen LogP contribution in [-0.4, -0.2) is 36.8 Å². The fourth-order valence-corrected chi connectivity index (χ4v) is 0.987. The largest absolute Gasteiger partial charge is 0.400 e. The number of nitrogens with one attached hydrogen (secondary N) is 1. The van der Waals surface area contributed by atoms with E-state index in [-0.39, 0.29) is 11.8 Å². The summed E-state index contributed by atoms with van der Waals surface area (Å²) in [4.78, 5) is 10.9. The number of ketones is 1. The first-order valence-electron chi connectivity index (χ1n) is 3.51. The highest BCUT2D eigenvalue weighted by Gasteiger charge is 2.10. The highest BCUT2D eigenvalue weighted by atomic mass is 32.1. The zero-order valence-corrected chi connectivity index (χ0v) is 8.19. The van der Waals surface area contributed by atoms with Gasteiger partial charge in [-0.05, 0) is 7.05 Å². The van der Waals surface area contributed by atoms with Crippen LogP contribution in [0.1, 0.15) is 13.3 Å². The van der Waals surface area contributed by atoms with Crippen LogP contribution in [0.2, 0.25) is 0 Å². The lowest BCUT2D eigenvalue weighted by molar-refractivity contribution is -0.120. The average molecular weight is 179 g/mol. The van der Waals surface area contributed by atoms with Crippen molar-refractivity contribution >= 4 is 18.4 Å². The number of carbonyl (C=O) groups is 1. The van der Waals surface area contributed by atoms with E-state index in [4.69, 9.17) is 5.11 Å². The second kappa shape index (κ2) is 9.94. The van der Waals surface area contributed by atoms with E-state index in [1.54, 1.807) is 7.05 Å². The minimum absolute atomic E-state index is 0.0571. The van der Waals surface area contributed by atoms with Gasteiger partial charge in [-0.3, -0.25) is 4.79 Å². The predicted octanol–water partition coefficient (Wildman–Crippen LogP) is 0.0918. The predicted molar refractivity (Wildman–Crippen MR) is 50.1 cm³/mol. The van der Waals surface area contributed by atoms with Gasteiger partial charge in [0, 0.05) is 19.3 Å². The third-order valence-corrected chi connectivity index (χ3v) is 1.63. The molecule has 68 valence electrons. The number of hydrogen-bond donors (Lipinski definition) is 3. The van der Waals surface area contributed by atoms with E-state index in [0.717, 1.165) is 7.11 Å². The molecule has 0 bridgehead atoms. The lowest BCUT2D eigenvalue weighted by atomic mass is 10.2. The van der Waals surface area contributed by atoms with E-state index in [9.17, 15) is 4.79 Å². The molecule has 3 nitrogen and oxygen atoms in total. The van der Waals surface area contributed by atoms with Crippen LogP contribution < -0.4 is 5.32 Å². The first-order valence-corrected chi connectivity index (χ1v) is 4.15. The molecule has 0 rings (SSSR count). The normalized spacial score (nSPS) is 11.4. The molecule has 0 aliphatic carbocycles. The summed E-state index contributed by atoms with van der Waals surface area (Å²) in [5.41, 5.74) is 0. The maximum absolute atomic E-state index is 10.9. The molecular formula is C7H17NO2S. The molecule has 0 radical (unpaired) electrons. The highest BCUT2D eigenvalue weighted by molar-refractivity contribution is 7.80. The summed E-state index contributed by atoms with van der Waals surface area (Å²) >= 11 is 4.01. The van der Waals surface area contributed by atoms with Gasteiger partial charge in [-0.25, -0.2) is 0 Å². The minimum Gasteiger partial charge on any atom is -0.400 e. The van der Waals surface area contributed by atoms with Crippen LogP contribution in [-0.2, 0) is 4.79 Å². The van der Waals surface area contributed by atoms with Gasteiger partial charge in [0.05, 0.1) is 6.04 Å². The molecule has 0 aliphatic heterocycles. The molecular weight excluding hydrogens is 162 g/mol. The Kier molecular flexibility index (Phi) is 12.2. The number of likely N-dealkylation sites (N-methyl/N-ethyl adjacent to an activating group) is 1. The fourth-order valence-electron chi connectivity index (χ4n) is 0.600. The van der Waals surface area contributed by atoms with Crippen LogP contribution in [0.5, 0.6) is 0 Å². The Morgan fingerprint density at radius 2 is 2.09 bits per heavy atom. The second-order valence-corrected chi connectivity index (χ2v) is 2.21. The Hall–Kier alpha value is -0.0600. The van der Waals surface area contributed by atoms with E-state index in [1.165, 1.54) is 0 Å². The SMILES string of the molecule is CCC(=O)[C@H](CS)NC.CO. The van der Waals surface area contributed by atoms with Crippen molar-refractivity contribution in [1.82, 2.24) is 5.32 Å².